The summed E-state index contributed by atoms with van der Waals surface area (Å²) in [5.41, 5.74) is 0. The van der Waals surface area contributed by atoms with E-state index >= 15 is 0 Å². The van der Waals surface area contributed by atoms with E-state index in [1.165, 1.54) is 141 Å². The van der Waals surface area contributed by atoms with Crippen LogP contribution < -0.4 is 0 Å². The molecule has 0 aliphatic rings. The fourth-order valence-corrected chi connectivity index (χ4v) is 3.84. The Labute approximate surface area is 225 Å². The summed E-state index contributed by atoms with van der Waals surface area (Å²) in [5.74, 6) is 0. The fourth-order valence-electron chi connectivity index (χ4n) is 3.84. The molecule has 0 atom stereocenters. The summed E-state index contributed by atoms with van der Waals surface area (Å²) in [6, 6.07) is 0. The Kier molecular flexibility index (Phi) is 38.2. The van der Waals surface area contributed by atoms with Gasteiger partial charge in [0.2, 0.25) is 0 Å². The molecule has 0 aliphatic carbocycles. The van der Waals surface area contributed by atoms with Crippen molar-refractivity contribution in [1.82, 2.24) is 0 Å². The third-order valence-corrected chi connectivity index (χ3v) is 5.78. The van der Waals surface area contributed by atoms with Gasteiger partial charge in [0.1, 0.15) is 0 Å². The Bertz CT molecular complexity index is 358. The molecule has 0 aromatic heterocycles. The smallest absolute Gasteiger partial charge is 1.00 e. The molecule has 0 fully saturated rings. The van der Waals surface area contributed by atoms with Crippen LogP contribution in [0.3, 0.4) is 0 Å². The maximum atomic E-state index is 8.88. The van der Waals surface area contributed by atoms with E-state index in [-0.39, 0.29) is 25.9 Å². The molecule has 0 heterocycles. The van der Waals surface area contributed by atoms with Crippen LogP contribution in [0, 0.1) is 0 Å². The minimum atomic E-state index is -4.64. The third kappa shape index (κ3) is 50.6. The monoisotopic (exact) mass is 506 g/mol. The van der Waals surface area contributed by atoms with Crippen molar-refractivity contribution in [2.75, 3.05) is 13.2 Å². The van der Waals surface area contributed by atoms with Crippen LogP contribution in [-0.4, -0.2) is 50.9 Å². The molecule has 3 N–H and O–H groups in total. The predicted octanol–water partition coefficient (Wildman–Crippen LogP) is 8.54. The van der Waals surface area contributed by atoms with Gasteiger partial charge in [0.15, 0.2) is 0 Å². The average molecular weight is 507 g/mol. The first-order chi connectivity index (χ1) is 15.4. The first-order valence-electron chi connectivity index (χ1n) is 13.8. The normalized spacial score (nSPS) is 11.1. The average Bonchev–Trinajstić information content (AvgIpc) is 2.73. The van der Waals surface area contributed by atoms with Crippen LogP contribution in [0.1, 0.15) is 158 Å². The van der Waals surface area contributed by atoms with E-state index in [0.717, 1.165) is 13.2 Å². The van der Waals surface area contributed by atoms with Gasteiger partial charge in [-0.05, 0) is 12.8 Å². The molecule has 0 spiro atoms. The molecule has 0 radical (unpaired) electrons. The zero-order valence-electron chi connectivity index (χ0n) is 24.3. The van der Waals surface area contributed by atoms with Crippen molar-refractivity contribution >= 4 is 30.9 Å². The van der Waals surface area contributed by atoms with Crippen molar-refractivity contribution in [3.8, 4) is 0 Å². The van der Waals surface area contributed by atoms with E-state index in [0.29, 0.717) is 0 Å². The van der Waals surface area contributed by atoms with E-state index in [1.54, 1.807) is 0 Å². The molecule has 200 valence electrons. The molecule has 0 aromatic rings. The number of phosphoric acid groups is 1. The van der Waals surface area contributed by atoms with Crippen LogP contribution in [0.5, 0.6) is 0 Å². The number of rotatable bonds is 24. The Morgan fingerprint density at radius 1 is 0.485 bits per heavy atom. The molecule has 33 heavy (non-hydrogen) atoms. The SMILES string of the molecule is CCCCCCCCCCCCCOCCCCCCCCCCCCC.O=P(O)(O)O.[H-].[H-].[Mg+2]. The second-order valence-corrected chi connectivity index (χ2v) is 10.2. The van der Waals surface area contributed by atoms with Gasteiger partial charge in [-0.2, -0.15) is 0 Å². The van der Waals surface area contributed by atoms with Crippen molar-refractivity contribution in [2.24, 2.45) is 0 Å². The largest absolute Gasteiger partial charge is 2.00 e. The Morgan fingerprint density at radius 2 is 0.667 bits per heavy atom. The molecule has 5 nitrogen and oxygen atoms in total. The summed E-state index contributed by atoms with van der Waals surface area (Å²) in [7, 11) is -4.64. The second kappa shape index (κ2) is 32.8. The molecule has 0 unspecified atom stereocenters. The third-order valence-electron chi connectivity index (χ3n) is 5.78. The molecule has 0 aliphatic heterocycles. The minimum absolute atomic E-state index is 0. The fraction of sp³-hybridized carbons (Fsp3) is 1.00. The van der Waals surface area contributed by atoms with Crippen LogP contribution >= 0.6 is 7.82 Å². The van der Waals surface area contributed by atoms with Crippen molar-refractivity contribution in [3.05, 3.63) is 0 Å². The number of ether oxygens (including phenoxy) is 1. The summed E-state index contributed by atoms with van der Waals surface area (Å²) in [6.07, 6.45) is 31.1. The molecule has 0 saturated carbocycles. The maximum absolute atomic E-state index is 8.88. The first kappa shape index (κ1) is 38.4. The molecular formula is C26H59MgO5P. The van der Waals surface area contributed by atoms with Crippen molar-refractivity contribution in [2.45, 2.75) is 155 Å². The Morgan fingerprint density at radius 3 is 0.879 bits per heavy atom. The maximum Gasteiger partial charge on any atom is 2.00 e. The van der Waals surface area contributed by atoms with E-state index < -0.39 is 7.82 Å². The van der Waals surface area contributed by atoms with Gasteiger partial charge in [-0.15, -0.1) is 0 Å². The van der Waals surface area contributed by atoms with Crippen molar-refractivity contribution in [1.29, 1.82) is 0 Å². The van der Waals surface area contributed by atoms with Crippen LogP contribution in [0.15, 0.2) is 0 Å². The quantitative estimate of drug-likeness (QED) is 0.0693. The summed E-state index contributed by atoms with van der Waals surface area (Å²) < 4.78 is 14.7. The molecule has 0 amide bonds. The van der Waals surface area contributed by atoms with E-state index in [4.69, 9.17) is 24.0 Å². The molecule has 0 rings (SSSR count). The van der Waals surface area contributed by atoms with E-state index in [2.05, 4.69) is 13.8 Å². The van der Waals surface area contributed by atoms with E-state index in [9.17, 15) is 0 Å². The van der Waals surface area contributed by atoms with Crippen LogP contribution in [0.2, 0.25) is 0 Å². The molecule has 7 heteroatoms. The van der Waals surface area contributed by atoms with E-state index in [1.807, 2.05) is 0 Å². The summed E-state index contributed by atoms with van der Waals surface area (Å²) in [6.45, 7) is 6.58. The predicted molar refractivity (Wildman–Crippen MR) is 146 cm³/mol. The van der Waals surface area contributed by atoms with Crippen molar-refractivity contribution in [3.63, 3.8) is 0 Å². The van der Waals surface area contributed by atoms with Crippen molar-refractivity contribution < 1.29 is 26.8 Å². The number of hydrogen-bond acceptors (Lipinski definition) is 2. The van der Waals surface area contributed by atoms with Gasteiger partial charge in [0.05, 0.1) is 0 Å². The first-order valence-corrected chi connectivity index (χ1v) is 15.3. The topological polar surface area (TPSA) is 87.0 Å². The molecule has 0 saturated heterocycles. The second-order valence-electron chi connectivity index (χ2n) is 9.20. The molecular weight excluding hydrogens is 448 g/mol. The molecule has 0 aromatic carbocycles. The van der Waals surface area contributed by atoms with Gasteiger partial charge in [-0.1, -0.05) is 142 Å². The van der Waals surface area contributed by atoms with Gasteiger partial charge in [-0.25, -0.2) is 4.57 Å². The van der Waals surface area contributed by atoms with Crippen LogP contribution in [-0.2, 0) is 9.30 Å². The summed E-state index contributed by atoms with van der Waals surface area (Å²) in [4.78, 5) is 21.6. The molecule has 0 bridgehead atoms. The zero-order valence-corrected chi connectivity index (χ0v) is 24.6. The number of hydrogen-bond donors (Lipinski definition) is 3. The van der Waals surface area contributed by atoms with Crippen LogP contribution in [0.25, 0.3) is 0 Å². The number of unbranched alkanes of at least 4 members (excludes halogenated alkanes) is 20. The van der Waals surface area contributed by atoms with Gasteiger partial charge in [-0.3, -0.25) is 0 Å². The Hall–Kier alpha value is 0.836. The summed E-state index contributed by atoms with van der Waals surface area (Å²) >= 11 is 0. The Balaban J connectivity index is -0.000000338. The van der Waals surface area contributed by atoms with Gasteiger partial charge in [0, 0.05) is 13.2 Å². The van der Waals surface area contributed by atoms with Crippen LogP contribution in [0.4, 0.5) is 0 Å². The minimum Gasteiger partial charge on any atom is -1.00 e. The van der Waals surface area contributed by atoms with Gasteiger partial charge >= 0.3 is 30.9 Å². The van der Waals surface area contributed by atoms with Gasteiger partial charge in [0.25, 0.3) is 0 Å². The standard InChI is InChI=1S/C26H54O.Mg.H3O4P.2H/c1-3-5-7-9-11-13-15-17-19-21-23-25-27-26-24-22-20-18-16-14-12-10-8-6-4-2;;1-5(2,3)4;;/h3-26H2,1-2H3;;(H3,1,2,3,4);;/q;+2;;2*-1. The van der Waals surface area contributed by atoms with Gasteiger partial charge < -0.3 is 22.3 Å². The summed E-state index contributed by atoms with van der Waals surface area (Å²) in [5, 5.41) is 0. The zero-order chi connectivity index (χ0) is 24.2.